The summed E-state index contributed by atoms with van der Waals surface area (Å²) >= 11 is 0. The molecule has 0 fully saturated rings. The Labute approximate surface area is 163 Å². The van der Waals surface area contributed by atoms with Gasteiger partial charge in [-0.05, 0) is 0 Å². The largest absolute Gasteiger partial charge is 0.392 e. The van der Waals surface area contributed by atoms with Crippen LogP contribution in [0.1, 0.15) is 17.8 Å². The van der Waals surface area contributed by atoms with Crippen LogP contribution in [-0.4, -0.2) is 67.1 Å². The molecule has 0 saturated heterocycles. The lowest BCUT2D eigenvalue weighted by Gasteiger charge is -2.13. The number of aromatic nitrogens is 4. The highest BCUT2D eigenvalue weighted by atomic mass is 16.6. The van der Waals surface area contributed by atoms with Gasteiger partial charge in [-0.3, -0.25) is 4.79 Å². The van der Waals surface area contributed by atoms with Crippen molar-refractivity contribution in [2.24, 2.45) is 11.5 Å². The summed E-state index contributed by atoms with van der Waals surface area (Å²) in [6.07, 6.45) is 2.79. The van der Waals surface area contributed by atoms with Gasteiger partial charge in [-0.15, -0.1) is 0 Å². The van der Waals surface area contributed by atoms with Crippen LogP contribution in [0.2, 0.25) is 0 Å². The Bertz CT molecular complexity index is 836. The van der Waals surface area contributed by atoms with Crippen molar-refractivity contribution in [2.45, 2.75) is 37.5 Å². The summed E-state index contributed by atoms with van der Waals surface area (Å²) in [6.45, 7) is 0. The summed E-state index contributed by atoms with van der Waals surface area (Å²) in [5.41, 5.74) is 12.3. The van der Waals surface area contributed by atoms with Crippen molar-refractivity contribution in [1.29, 1.82) is 0 Å². The van der Waals surface area contributed by atoms with Crippen LogP contribution in [0.3, 0.4) is 0 Å². The third kappa shape index (κ3) is 6.91. The van der Waals surface area contributed by atoms with Crippen LogP contribution < -0.4 is 11.5 Å². The molecule has 2 heterocycles. The molecular formula is C16H20N6O7. The maximum absolute atomic E-state index is 11.8. The minimum Gasteiger partial charge on any atom is -0.392 e. The number of hydrogen-bond acceptors (Lipinski definition) is 11. The van der Waals surface area contributed by atoms with Crippen molar-refractivity contribution in [3.8, 4) is 0 Å². The number of ether oxygens (including phenoxy) is 2. The molecule has 156 valence electrons. The Balaban J connectivity index is 1.75. The van der Waals surface area contributed by atoms with Crippen molar-refractivity contribution in [3.63, 3.8) is 0 Å². The minimum absolute atomic E-state index is 0.0208. The highest BCUT2D eigenvalue weighted by Gasteiger charge is 2.28. The van der Waals surface area contributed by atoms with Crippen LogP contribution in [0, 0.1) is 0 Å². The van der Waals surface area contributed by atoms with E-state index < -0.39 is 48.5 Å². The average Bonchev–Trinajstić information content (AvgIpc) is 3.35. The summed E-state index contributed by atoms with van der Waals surface area (Å²) in [5, 5.41) is 9.69. The van der Waals surface area contributed by atoms with E-state index in [2.05, 4.69) is 29.4 Å². The highest BCUT2D eigenvalue weighted by Crippen LogP contribution is 2.04. The summed E-state index contributed by atoms with van der Waals surface area (Å²) < 4.78 is 8.91. The van der Waals surface area contributed by atoms with E-state index in [1.54, 1.807) is 0 Å². The number of nitrogens with one attached hydrogen (secondary N) is 2. The number of carbonyl (C=O) groups excluding carboxylic acids is 4. The lowest BCUT2D eigenvalue weighted by molar-refractivity contribution is -0.172. The van der Waals surface area contributed by atoms with Gasteiger partial charge in [0.25, 0.3) is 0 Å². The molecular weight excluding hydrogens is 388 g/mol. The van der Waals surface area contributed by atoms with Gasteiger partial charge in [0.2, 0.25) is 0 Å². The number of esters is 4. The molecule has 2 aromatic rings. The van der Waals surface area contributed by atoms with Crippen LogP contribution in [0.5, 0.6) is 0 Å². The average molecular weight is 408 g/mol. The Morgan fingerprint density at radius 2 is 1.38 bits per heavy atom. The van der Waals surface area contributed by atoms with Gasteiger partial charge < -0.3 is 36.0 Å². The topological polar surface area (TPSA) is 216 Å². The molecule has 3 atom stereocenters. The zero-order chi connectivity index (χ0) is 21.4. The number of aliphatic hydroxyl groups is 1. The third-order valence-corrected chi connectivity index (χ3v) is 3.64. The van der Waals surface area contributed by atoms with E-state index >= 15 is 0 Å². The minimum atomic E-state index is -2.03. The van der Waals surface area contributed by atoms with Gasteiger partial charge in [0.1, 0.15) is 12.1 Å². The molecule has 0 bridgehead atoms. The predicted molar refractivity (Wildman–Crippen MR) is 93.4 cm³/mol. The molecule has 13 heteroatoms. The number of nitrogens with zero attached hydrogens (tertiary/aromatic N) is 2. The Hall–Kier alpha value is -3.42. The molecule has 1 unspecified atom stereocenters. The van der Waals surface area contributed by atoms with Crippen LogP contribution in [0.15, 0.2) is 25.0 Å². The molecule has 0 aliphatic heterocycles. The number of H-pyrrole nitrogens is 2. The molecule has 0 saturated carbocycles. The smallest absolute Gasteiger partial charge is 0.343 e. The quantitative estimate of drug-likeness (QED) is 0.215. The summed E-state index contributed by atoms with van der Waals surface area (Å²) in [4.78, 5) is 59.9. The Kier molecular flexibility index (Phi) is 7.70. The lowest BCUT2D eigenvalue weighted by atomic mass is 10.2. The van der Waals surface area contributed by atoms with Gasteiger partial charge in [-0.2, -0.15) is 0 Å². The van der Waals surface area contributed by atoms with Crippen LogP contribution >= 0.6 is 0 Å². The van der Waals surface area contributed by atoms with Crippen molar-refractivity contribution >= 4 is 23.9 Å². The van der Waals surface area contributed by atoms with E-state index in [9.17, 15) is 24.3 Å². The SMILES string of the molecule is N[C@@H](Cc1cnc[nH]1)C(=O)OC(=O)CC(O)C(=O)OC(=O)[C@@H](N)Cc1cnc[nH]1. The van der Waals surface area contributed by atoms with Gasteiger partial charge in [-0.25, -0.2) is 24.4 Å². The fourth-order valence-electron chi connectivity index (χ4n) is 2.15. The summed E-state index contributed by atoms with van der Waals surface area (Å²) in [5.74, 6) is -4.77. The molecule has 0 spiro atoms. The summed E-state index contributed by atoms with van der Waals surface area (Å²) in [6, 6.07) is -2.36. The summed E-state index contributed by atoms with van der Waals surface area (Å²) in [7, 11) is 0. The second kappa shape index (κ2) is 10.2. The van der Waals surface area contributed by atoms with Gasteiger partial charge in [-0.1, -0.05) is 0 Å². The number of nitrogens with two attached hydrogens (primary N) is 2. The Morgan fingerprint density at radius 1 is 0.897 bits per heavy atom. The van der Waals surface area contributed by atoms with Gasteiger partial charge in [0.15, 0.2) is 6.10 Å². The standard InChI is InChI=1S/C16H20N6O7/c17-10(1-8-4-19-6-21-8)14(25)28-13(24)3-12(23)16(27)29-15(26)11(18)2-9-5-20-7-22-9/h4-7,10-12,23H,1-3,17-18H2,(H,19,21)(H,20,22)/t10-,11-,12?/m0/s1. The number of imidazole rings is 2. The van der Waals surface area contributed by atoms with E-state index in [1.165, 1.54) is 25.0 Å². The molecule has 0 aliphatic carbocycles. The van der Waals surface area contributed by atoms with E-state index in [0.717, 1.165) is 0 Å². The molecule has 7 N–H and O–H groups in total. The van der Waals surface area contributed by atoms with E-state index in [0.29, 0.717) is 11.4 Å². The molecule has 0 aromatic carbocycles. The highest BCUT2D eigenvalue weighted by molar-refractivity contribution is 5.94. The molecule has 29 heavy (non-hydrogen) atoms. The third-order valence-electron chi connectivity index (χ3n) is 3.64. The van der Waals surface area contributed by atoms with E-state index in [4.69, 9.17) is 11.5 Å². The van der Waals surface area contributed by atoms with E-state index in [1.807, 2.05) is 0 Å². The number of hydrogen-bond donors (Lipinski definition) is 5. The first-order chi connectivity index (χ1) is 13.8. The van der Waals surface area contributed by atoms with Crippen LogP contribution in [-0.2, 0) is 41.5 Å². The van der Waals surface area contributed by atoms with Crippen molar-refractivity contribution in [3.05, 3.63) is 36.4 Å². The molecule has 13 nitrogen and oxygen atoms in total. The molecule has 0 aliphatic rings. The van der Waals surface area contributed by atoms with E-state index in [-0.39, 0.29) is 12.8 Å². The van der Waals surface area contributed by atoms with Gasteiger partial charge >= 0.3 is 23.9 Å². The maximum atomic E-state index is 11.8. The van der Waals surface area contributed by atoms with Crippen molar-refractivity contribution in [2.75, 3.05) is 0 Å². The molecule has 2 aromatic heterocycles. The first-order valence-corrected chi connectivity index (χ1v) is 8.40. The van der Waals surface area contributed by atoms with Crippen molar-refractivity contribution < 1.29 is 33.8 Å². The monoisotopic (exact) mass is 408 g/mol. The first-order valence-electron chi connectivity index (χ1n) is 8.40. The molecule has 0 radical (unpaired) electrons. The maximum Gasteiger partial charge on any atom is 0.343 e. The number of rotatable bonds is 9. The van der Waals surface area contributed by atoms with Gasteiger partial charge in [0, 0.05) is 36.6 Å². The number of carbonyl (C=O) groups is 4. The normalized spacial score (nSPS) is 13.9. The van der Waals surface area contributed by atoms with Crippen LogP contribution in [0.25, 0.3) is 0 Å². The molecule has 2 rings (SSSR count). The number of aromatic amines is 2. The van der Waals surface area contributed by atoms with Crippen LogP contribution in [0.4, 0.5) is 0 Å². The molecule has 0 amide bonds. The Morgan fingerprint density at radius 3 is 1.83 bits per heavy atom. The van der Waals surface area contributed by atoms with Gasteiger partial charge in [0.05, 0.1) is 19.1 Å². The second-order valence-corrected chi connectivity index (χ2v) is 6.03. The zero-order valence-corrected chi connectivity index (χ0v) is 15.1. The zero-order valence-electron chi connectivity index (χ0n) is 15.1. The second-order valence-electron chi connectivity index (χ2n) is 6.03. The lowest BCUT2D eigenvalue weighted by Crippen LogP contribution is -2.39. The predicted octanol–water partition coefficient (Wildman–Crippen LogP) is -2.54. The fourth-order valence-corrected chi connectivity index (χ4v) is 2.15. The van der Waals surface area contributed by atoms with Crippen molar-refractivity contribution in [1.82, 2.24) is 19.9 Å². The number of aliphatic hydroxyl groups excluding tert-OH is 1. The fraction of sp³-hybridized carbons (Fsp3) is 0.375. The first kappa shape index (κ1) is 21.9.